The van der Waals surface area contributed by atoms with Gasteiger partial charge in [-0.2, -0.15) is 5.26 Å². The summed E-state index contributed by atoms with van der Waals surface area (Å²) < 4.78 is 0. The van der Waals surface area contributed by atoms with Gasteiger partial charge in [0, 0.05) is 75.0 Å². The molecule has 0 radical (unpaired) electrons. The van der Waals surface area contributed by atoms with Crippen LogP contribution in [0.5, 0.6) is 0 Å². The number of rotatable bonds is 7. The van der Waals surface area contributed by atoms with E-state index in [0.29, 0.717) is 17.0 Å². The third kappa shape index (κ3) is 6.92. The lowest BCUT2D eigenvalue weighted by molar-refractivity contribution is 0.0463. The summed E-state index contributed by atoms with van der Waals surface area (Å²) in [5.41, 5.74) is 15.5. The van der Waals surface area contributed by atoms with E-state index in [4.69, 9.17) is 0 Å². The molecular weight excluding hydrogens is 599 g/mol. The standard InChI is InChI=1S/C44H59N5/c1-29-21-37(42-26-46(11)33(5)31(3)32(42)4)22-30(2)41(29)27-48-20-19-47(28-44(48)16-17-44)25-36-13-12-14-39-35(7)49(18-15-40(36)39)34(6)38(24-45)23-43(8,9)10/h12,14,21-23,26,35-36H,5-6,13,15-20,25,27-28H2,1-4,7-11H3/b38-23+. The smallest absolute Gasteiger partial charge is 0.101 e. The molecule has 2 atom stereocenters. The molecule has 5 heteroatoms. The zero-order chi connectivity index (χ0) is 35.4. The lowest BCUT2D eigenvalue weighted by Gasteiger charge is -2.46. The van der Waals surface area contributed by atoms with Crippen LogP contribution in [0.3, 0.4) is 0 Å². The van der Waals surface area contributed by atoms with Crippen LogP contribution in [-0.4, -0.2) is 71.0 Å². The van der Waals surface area contributed by atoms with Crippen LogP contribution in [0.25, 0.3) is 5.57 Å². The zero-order valence-corrected chi connectivity index (χ0v) is 31.8. The van der Waals surface area contributed by atoms with Crippen molar-refractivity contribution in [2.75, 3.05) is 39.8 Å². The van der Waals surface area contributed by atoms with Crippen molar-refractivity contribution in [3.05, 3.63) is 111 Å². The van der Waals surface area contributed by atoms with Crippen LogP contribution in [0.2, 0.25) is 0 Å². The Balaban J connectivity index is 1.12. The number of nitrogens with zero attached hydrogens (tertiary/aromatic N) is 5. The summed E-state index contributed by atoms with van der Waals surface area (Å²) in [6.45, 7) is 33.0. The van der Waals surface area contributed by atoms with E-state index < -0.39 is 0 Å². The van der Waals surface area contributed by atoms with E-state index in [1.165, 1.54) is 63.9 Å². The summed E-state index contributed by atoms with van der Waals surface area (Å²) >= 11 is 0. The number of hydrogen-bond acceptors (Lipinski definition) is 5. The molecule has 6 rings (SSSR count). The summed E-state index contributed by atoms with van der Waals surface area (Å²) in [6, 6.07) is 7.49. The second kappa shape index (κ2) is 13.3. The van der Waals surface area contributed by atoms with Crippen molar-refractivity contribution in [1.82, 2.24) is 19.6 Å². The van der Waals surface area contributed by atoms with Gasteiger partial charge < -0.3 is 9.80 Å². The summed E-state index contributed by atoms with van der Waals surface area (Å²) in [4.78, 5) is 10.1. The van der Waals surface area contributed by atoms with Crippen molar-refractivity contribution in [1.29, 1.82) is 5.26 Å². The largest absolute Gasteiger partial charge is 0.364 e. The molecule has 260 valence electrons. The molecule has 49 heavy (non-hydrogen) atoms. The molecule has 1 aromatic carbocycles. The Morgan fingerprint density at radius 2 is 1.76 bits per heavy atom. The number of nitriles is 1. The Morgan fingerprint density at radius 1 is 1.06 bits per heavy atom. The molecule has 3 heterocycles. The minimum atomic E-state index is -0.0600. The van der Waals surface area contributed by atoms with Crippen molar-refractivity contribution in [3.8, 4) is 6.07 Å². The number of allylic oxidation sites excluding steroid dienone is 6. The summed E-state index contributed by atoms with van der Waals surface area (Å²) in [5.74, 6) is 0.573. The molecule has 1 aromatic rings. The highest BCUT2D eigenvalue weighted by molar-refractivity contribution is 5.82. The number of hydrogen-bond donors (Lipinski definition) is 0. The van der Waals surface area contributed by atoms with Crippen molar-refractivity contribution >= 4 is 5.57 Å². The zero-order valence-electron chi connectivity index (χ0n) is 31.8. The predicted octanol–water partition coefficient (Wildman–Crippen LogP) is 9.07. The fourth-order valence-corrected chi connectivity index (χ4v) is 8.88. The SMILES string of the molecule is C=C1C(C)=C(C)C(c2cc(C)c(CN3CCN(CC4CC=CC5=C4CCN(C(=C)/C(C#N)=C/C(C)(C)C)C5C)CC34CC4)c(C)c2)=CN1C. The highest BCUT2D eigenvalue weighted by atomic mass is 15.3. The summed E-state index contributed by atoms with van der Waals surface area (Å²) in [5, 5.41) is 9.95. The first-order valence-corrected chi connectivity index (χ1v) is 18.5. The van der Waals surface area contributed by atoms with Gasteiger partial charge >= 0.3 is 0 Å². The van der Waals surface area contributed by atoms with Crippen molar-refractivity contribution in [3.63, 3.8) is 0 Å². The van der Waals surface area contributed by atoms with E-state index in [1.807, 2.05) is 0 Å². The molecule has 3 aliphatic heterocycles. The normalized spacial score (nSPS) is 24.8. The molecule has 0 aromatic heterocycles. The fraction of sp³-hybridized carbons (Fsp3) is 0.523. The molecule has 2 fully saturated rings. The lowest BCUT2D eigenvalue weighted by Crippen LogP contribution is -2.55. The van der Waals surface area contributed by atoms with Gasteiger partial charge in [0.05, 0.1) is 11.6 Å². The van der Waals surface area contributed by atoms with E-state index >= 15 is 0 Å². The Hall–Kier alpha value is -3.59. The molecule has 0 bridgehead atoms. The minimum Gasteiger partial charge on any atom is -0.364 e. The number of piperazine rings is 1. The number of aryl methyl sites for hydroxylation is 2. The second-order valence-electron chi connectivity index (χ2n) is 16.7. The molecule has 0 N–H and O–H groups in total. The number of likely N-dealkylation sites (N-methyl/N-ethyl adjacent to an activating group) is 1. The van der Waals surface area contributed by atoms with E-state index in [2.05, 4.69) is 138 Å². The third-order valence-corrected chi connectivity index (χ3v) is 12.2. The highest BCUT2D eigenvalue weighted by Crippen LogP contribution is 2.46. The van der Waals surface area contributed by atoms with E-state index in [-0.39, 0.29) is 11.5 Å². The molecule has 0 amide bonds. The van der Waals surface area contributed by atoms with Gasteiger partial charge in [-0.15, -0.1) is 0 Å². The van der Waals surface area contributed by atoms with Crippen molar-refractivity contribution in [2.45, 2.75) is 99.2 Å². The second-order valence-corrected chi connectivity index (χ2v) is 16.7. The van der Waals surface area contributed by atoms with Gasteiger partial charge in [-0.1, -0.05) is 69.9 Å². The molecular formula is C44H59N5. The van der Waals surface area contributed by atoms with Gasteiger partial charge in [0.2, 0.25) is 0 Å². The van der Waals surface area contributed by atoms with Gasteiger partial charge in [-0.05, 0) is 111 Å². The minimum absolute atomic E-state index is 0.0600. The Morgan fingerprint density at radius 3 is 2.39 bits per heavy atom. The van der Waals surface area contributed by atoms with E-state index in [1.54, 1.807) is 5.57 Å². The Bertz CT molecular complexity index is 1720. The molecule has 1 saturated carbocycles. The Kier molecular flexibility index (Phi) is 9.55. The van der Waals surface area contributed by atoms with Crippen LogP contribution in [-0.2, 0) is 6.54 Å². The first kappa shape index (κ1) is 35.2. The molecule has 1 saturated heterocycles. The Labute approximate surface area is 297 Å². The molecule has 2 unspecified atom stereocenters. The third-order valence-electron chi connectivity index (χ3n) is 12.2. The first-order valence-electron chi connectivity index (χ1n) is 18.5. The van der Waals surface area contributed by atoms with Crippen LogP contribution in [0.15, 0.2) is 89.0 Å². The van der Waals surface area contributed by atoms with Crippen LogP contribution >= 0.6 is 0 Å². The van der Waals surface area contributed by atoms with Crippen LogP contribution in [0.1, 0.15) is 89.5 Å². The monoisotopic (exact) mass is 657 g/mol. The summed E-state index contributed by atoms with van der Waals surface area (Å²) in [6.07, 6.45) is 13.9. The first-order chi connectivity index (χ1) is 23.1. The van der Waals surface area contributed by atoms with Crippen molar-refractivity contribution in [2.24, 2.45) is 11.3 Å². The van der Waals surface area contributed by atoms with Crippen LogP contribution < -0.4 is 0 Å². The maximum absolute atomic E-state index is 9.95. The van der Waals surface area contributed by atoms with Gasteiger partial charge in [-0.3, -0.25) is 9.80 Å². The lowest BCUT2D eigenvalue weighted by atomic mass is 9.79. The van der Waals surface area contributed by atoms with Gasteiger partial charge in [-0.25, -0.2) is 0 Å². The van der Waals surface area contributed by atoms with Gasteiger partial charge in [0.15, 0.2) is 0 Å². The highest BCUT2D eigenvalue weighted by Gasteiger charge is 2.51. The maximum Gasteiger partial charge on any atom is 0.101 e. The van der Waals surface area contributed by atoms with E-state index in [9.17, 15) is 5.26 Å². The number of benzene rings is 1. The topological polar surface area (TPSA) is 36.8 Å². The quantitative estimate of drug-likeness (QED) is 0.216. The van der Waals surface area contributed by atoms with Gasteiger partial charge in [0.1, 0.15) is 6.07 Å². The predicted molar refractivity (Wildman–Crippen MR) is 205 cm³/mol. The fourth-order valence-electron chi connectivity index (χ4n) is 8.88. The average molecular weight is 658 g/mol. The van der Waals surface area contributed by atoms with Crippen LogP contribution in [0, 0.1) is 36.5 Å². The average Bonchev–Trinajstić information content (AvgIpc) is 3.82. The molecule has 5 nitrogen and oxygen atoms in total. The van der Waals surface area contributed by atoms with Crippen LogP contribution in [0.4, 0.5) is 0 Å². The molecule has 2 aliphatic carbocycles. The molecule has 1 spiro atoms. The van der Waals surface area contributed by atoms with Crippen molar-refractivity contribution < 1.29 is 0 Å². The summed E-state index contributed by atoms with van der Waals surface area (Å²) in [7, 11) is 2.10. The maximum atomic E-state index is 9.95. The van der Waals surface area contributed by atoms with E-state index in [0.717, 1.165) is 57.0 Å². The van der Waals surface area contributed by atoms with Gasteiger partial charge in [0.25, 0.3) is 0 Å². The molecule has 5 aliphatic rings.